The zero-order valence-electron chi connectivity index (χ0n) is 19.4. The lowest BCUT2D eigenvalue weighted by atomic mass is 9.91. The van der Waals surface area contributed by atoms with Crippen molar-refractivity contribution < 1.29 is 14.3 Å². The summed E-state index contributed by atoms with van der Waals surface area (Å²) in [5, 5.41) is 0. The van der Waals surface area contributed by atoms with Crippen LogP contribution < -0.4 is 0 Å². The minimum atomic E-state index is -0.476. The van der Waals surface area contributed by atoms with Gasteiger partial charge < -0.3 is 9.64 Å². The highest BCUT2D eigenvalue weighted by Crippen LogP contribution is 2.30. The molecule has 2 unspecified atom stereocenters. The van der Waals surface area contributed by atoms with E-state index in [0.717, 1.165) is 31.2 Å². The standard InChI is InChI=1S/C29H31NO3/c1-3-4-8-21-28(31)30(26-19-13-7-14-20-26)23(2)22-27(24-15-9-5-10-16-24)33-29(32)25-17-11-6-12-18-25/h5-6,9-12,15-18,23,26-27H,7,13-14,19-20,22H2,1-2H3. The molecular weight excluding hydrogens is 410 g/mol. The molecule has 0 radical (unpaired) electrons. The fourth-order valence-electron chi connectivity index (χ4n) is 4.41. The zero-order valence-corrected chi connectivity index (χ0v) is 19.4. The fraction of sp³-hybridized carbons (Fsp3) is 0.379. The molecule has 0 heterocycles. The van der Waals surface area contributed by atoms with E-state index in [9.17, 15) is 9.59 Å². The smallest absolute Gasteiger partial charge is 0.338 e. The second-order valence-electron chi connectivity index (χ2n) is 8.38. The molecule has 1 aliphatic carbocycles. The molecule has 0 aromatic heterocycles. The largest absolute Gasteiger partial charge is 0.454 e. The first kappa shape index (κ1) is 24.1. The van der Waals surface area contributed by atoms with E-state index in [0.29, 0.717) is 12.0 Å². The van der Waals surface area contributed by atoms with E-state index in [2.05, 4.69) is 23.7 Å². The quantitative estimate of drug-likeness (QED) is 0.418. The van der Waals surface area contributed by atoms with Crippen molar-refractivity contribution in [2.24, 2.45) is 0 Å². The summed E-state index contributed by atoms with van der Waals surface area (Å²) in [6.07, 6.45) is 5.36. The molecule has 1 aliphatic rings. The second-order valence-corrected chi connectivity index (χ2v) is 8.38. The molecule has 0 N–H and O–H groups in total. The maximum absolute atomic E-state index is 13.1. The van der Waals surface area contributed by atoms with Crippen molar-refractivity contribution in [2.75, 3.05) is 0 Å². The van der Waals surface area contributed by atoms with Gasteiger partial charge in [0, 0.05) is 24.4 Å². The van der Waals surface area contributed by atoms with Crippen LogP contribution in [-0.4, -0.2) is 28.9 Å². The molecule has 0 saturated heterocycles. The number of carbonyl (C=O) groups is 2. The Bertz CT molecular complexity index is 1030. The Labute approximate surface area is 197 Å². The summed E-state index contributed by atoms with van der Waals surface area (Å²) in [6.45, 7) is 3.72. The molecule has 0 bridgehead atoms. The summed E-state index contributed by atoms with van der Waals surface area (Å²) in [5.74, 6) is 10.1. The summed E-state index contributed by atoms with van der Waals surface area (Å²) in [5.41, 5.74) is 1.42. The molecule has 33 heavy (non-hydrogen) atoms. The van der Waals surface area contributed by atoms with Gasteiger partial charge in [-0.1, -0.05) is 73.7 Å². The average molecular weight is 442 g/mol. The molecular formula is C29H31NO3. The van der Waals surface area contributed by atoms with Crippen molar-refractivity contribution >= 4 is 11.9 Å². The number of nitrogens with zero attached hydrogens (tertiary/aromatic N) is 1. The summed E-state index contributed by atoms with van der Waals surface area (Å²) < 4.78 is 5.97. The van der Waals surface area contributed by atoms with E-state index in [-0.39, 0.29) is 24.0 Å². The van der Waals surface area contributed by atoms with Crippen LogP contribution in [0.2, 0.25) is 0 Å². The Morgan fingerprint density at radius 2 is 1.61 bits per heavy atom. The van der Waals surface area contributed by atoms with Crippen LogP contribution in [0, 0.1) is 23.7 Å². The summed E-state index contributed by atoms with van der Waals surface area (Å²) in [4.78, 5) is 27.8. The topological polar surface area (TPSA) is 46.6 Å². The van der Waals surface area contributed by atoms with Gasteiger partial charge in [0.05, 0.1) is 5.56 Å². The van der Waals surface area contributed by atoms with Crippen LogP contribution >= 0.6 is 0 Å². The first-order valence-electron chi connectivity index (χ1n) is 11.7. The first-order valence-corrected chi connectivity index (χ1v) is 11.7. The minimum Gasteiger partial charge on any atom is -0.454 e. The van der Waals surface area contributed by atoms with Gasteiger partial charge in [0.1, 0.15) is 6.10 Å². The third-order valence-electron chi connectivity index (χ3n) is 6.02. The number of hydrogen-bond donors (Lipinski definition) is 0. The van der Waals surface area contributed by atoms with E-state index < -0.39 is 6.10 Å². The Hall–Kier alpha value is -3.50. The van der Waals surface area contributed by atoms with Gasteiger partial charge in [0.15, 0.2) is 0 Å². The van der Waals surface area contributed by atoms with Crippen LogP contribution in [0.3, 0.4) is 0 Å². The summed E-state index contributed by atoms with van der Waals surface area (Å²) in [7, 11) is 0. The summed E-state index contributed by atoms with van der Waals surface area (Å²) >= 11 is 0. The number of benzene rings is 2. The molecule has 4 heteroatoms. The average Bonchev–Trinajstić information content (AvgIpc) is 2.85. The van der Waals surface area contributed by atoms with Crippen molar-refractivity contribution in [3.05, 3.63) is 71.8 Å². The molecule has 0 spiro atoms. The lowest BCUT2D eigenvalue weighted by Crippen LogP contribution is -2.47. The normalized spacial score (nSPS) is 15.1. The van der Waals surface area contributed by atoms with Crippen LogP contribution in [0.15, 0.2) is 60.7 Å². The predicted octanol–water partition coefficient (Wildman–Crippen LogP) is 5.55. The number of esters is 1. The van der Waals surface area contributed by atoms with Crippen molar-refractivity contribution in [1.29, 1.82) is 0 Å². The van der Waals surface area contributed by atoms with Crippen molar-refractivity contribution in [1.82, 2.24) is 4.90 Å². The highest BCUT2D eigenvalue weighted by Gasteiger charge is 2.31. The minimum absolute atomic E-state index is 0.145. The van der Waals surface area contributed by atoms with Gasteiger partial charge in [-0.05, 0) is 56.2 Å². The molecule has 1 amide bonds. The molecule has 2 aromatic rings. The molecule has 170 valence electrons. The Balaban J connectivity index is 1.84. The van der Waals surface area contributed by atoms with Crippen LogP contribution in [-0.2, 0) is 9.53 Å². The molecule has 2 atom stereocenters. The first-order chi connectivity index (χ1) is 16.1. The summed E-state index contributed by atoms with van der Waals surface area (Å²) in [6, 6.07) is 18.7. The number of hydrogen-bond acceptors (Lipinski definition) is 3. The Morgan fingerprint density at radius 3 is 2.24 bits per heavy atom. The molecule has 1 fully saturated rings. The van der Waals surface area contributed by atoms with Crippen molar-refractivity contribution in [2.45, 2.75) is 70.6 Å². The van der Waals surface area contributed by atoms with Crippen molar-refractivity contribution in [3.8, 4) is 23.7 Å². The fourth-order valence-corrected chi connectivity index (χ4v) is 4.41. The van der Waals surface area contributed by atoms with Gasteiger partial charge in [-0.15, -0.1) is 0 Å². The van der Waals surface area contributed by atoms with E-state index in [4.69, 9.17) is 4.74 Å². The number of ether oxygens (including phenoxy) is 1. The number of carbonyl (C=O) groups excluding carboxylic acids is 2. The third kappa shape index (κ3) is 6.99. The van der Waals surface area contributed by atoms with Crippen molar-refractivity contribution in [3.63, 3.8) is 0 Å². The van der Waals surface area contributed by atoms with E-state index in [1.165, 1.54) is 6.42 Å². The van der Waals surface area contributed by atoms with Gasteiger partial charge in [-0.3, -0.25) is 4.79 Å². The maximum atomic E-state index is 13.1. The van der Waals surface area contributed by atoms with Gasteiger partial charge in [-0.2, -0.15) is 0 Å². The van der Waals surface area contributed by atoms with Crippen LogP contribution in [0.25, 0.3) is 0 Å². The molecule has 4 nitrogen and oxygen atoms in total. The molecule has 0 aliphatic heterocycles. The second kappa shape index (κ2) is 12.5. The maximum Gasteiger partial charge on any atom is 0.338 e. The van der Waals surface area contributed by atoms with Gasteiger partial charge in [0.2, 0.25) is 0 Å². The van der Waals surface area contributed by atoms with Gasteiger partial charge in [0.25, 0.3) is 5.91 Å². The monoisotopic (exact) mass is 441 g/mol. The van der Waals surface area contributed by atoms with E-state index in [1.54, 1.807) is 19.1 Å². The van der Waals surface area contributed by atoms with Gasteiger partial charge >= 0.3 is 5.97 Å². The predicted molar refractivity (Wildman–Crippen MR) is 130 cm³/mol. The molecule has 1 saturated carbocycles. The van der Waals surface area contributed by atoms with Gasteiger partial charge in [-0.25, -0.2) is 4.79 Å². The highest BCUT2D eigenvalue weighted by molar-refractivity contribution is 5.94. The number of amides is 1. The SMILES string of the molecule is CC#CC#CC(=O)N(C(C)CC(OC(=O)c1ccccc1)c1ccccc1)C1CCCCC1. The lowest BCUT2D eigenvalue weighted by Gasteiger charge is -2.38. The highest BCUT2D eigenvalue weighted by atomic mass is 16.5. The Kier molecular flexibility index (Phi) is 9.16. The molecule has 3 rings (SSSR count). The van der Waals surface area contributed by atoms with Crippen LogP contribution in [0.5, 0.6) is 0 Å². The Morgan fingerprint density at radius 1 is 0.970 bits per heavy atom. The lowest BCUT2D eigenvalue weighted by molar-refractivity contribution is -0.131. The van der Waals surface area contributed by atoms with Crippen LogP contribution in [0.1, 0.15) is 74.4 Å². The zero-order chi connectivity index (χ0) is 23.5. The third-order valence-corrected chi connectivity index (χ3v) is 6.02. The van der Waals surface area contributed by atoms with Crippen LogP contribution in [0.4, 0.5) is 0 Å². The molecule has 2 aromatic carbocycles. The van der Waals surface area contributed by atoms with E-state index in [1.807, 2.05) is 60.4 Å². The number of rotatable bonds is 7. The van der Waals surface area contributed by atoms with E-state index >= 15 is 0 Å².